The van der Waals surface area contributed by atoms with Gasteiger partial charge in [-0.05, 0) is 25.2 Å². The summed E-state index contributed by atoms with van der Waals surface area (Å²) >= 11 is 0. The van der Waals surface area contributed by atoms with Gasteiger partial charge in [-0.1, -0.05) is 13.0 Å². The van der Waals surface area contributed by atoms with Gasteiger partial charge in [-0.3, -0.25) is 4.79 Å². The van der Waals surface area contributed by atoms with Crippen molar-refractivity contribution in [2.45, 2.75) is 32.2 Å². The lowest BCUT2D eigenvalue weighted by atomic mass is 10.0. The van der Waals surface area contributed by atoms with Crippen molar-refractivity contribution >= 4 is 11.9 Å². The lowest BCUT2D eigenvalue weighted by Crippen LogP contribution is -2.43. The highest BCUT2D eigenvalue weighted by Gasteiger charge is 2.33. The van der Waals surface area contributed by atoms with Crippen molar-refractivity contribution in [2.75, 3.05) is 0 Å². The van der Waals surface area contributed by atoms with Crippen LogP contribution in [0.2, 0.25) is 0 Å². The maximum absolute atomic E-state index is 11.6. The fourth-order valence-corrected chi connectivity index (χ4v) is 1.50. The van der Waals surface area contributed by atoms with Gasteiger partial charge in [-0.2, -0.15) is 0 Å². The highest BCUT2D eigenvalue weighted by Crippen LogP contribution is 2.36. The van der Waals surface area contributed by atoms with Crippen LogP contribution < -0.4 is 5.32 Å². The number of hydrogen-bond donors (Lipinski definition) is 2. The maximum atomic E-state index is 11.6. The number of carboxylic acid groups (broad SMARTS) is 1. The number of hydrogen-bond acceptors (Lipinski definition) is 2. The van der Waals surface area contributed by atoms with E-state index in [0.29, 0.717) is 5.92 Å². The van der Waals surface area contributed by atoms with E-state index in [9.17, 15) is 9.59 Å². The van der Waals surface area contributed by atoms with Gasteiger partial charge in [0.15, 0.2) is 0 Å². The van der Waals surface area contributed by atoms with Crippen LogP contribution in [0.15, 0.2) is 12.7 Å². The summed E-state index contributed by atoms with van der Waals surface area (Å²) in [4.78, 5) is 22.4. The van der Waals surface area contributed by atoms with Gasteiger partial charge < -0.3 is 10.4 Å². The lowest BCUT2D eigenvalue weighted by Gasteiger charge is -2.16. The van der Waals surface area contributed by atoms with Crippen LogP contribution in [-0.2, 0) is 9.59 Å². The number of aliphatic carboxylic acids is 1. The van der Waals surface area contributed by atoms with Crippen LogP contribution in [0.3, 0.4) is 0 Å². The Morgan fingerprint density at radius 2 is 2.20 bits per heavy atom. The maximum Gasteiger partial charge on any atom is 0.326 e. The molecule has 0 aromatic heterocycles. The molecule has 2 N–H and O–H groups in total. The van der Waals surface area contributed by atoms with Crippen molar-refractivity contribution < 1.29 is 14.7 Å². The molecule has 0 bridgehead atoms. The van der Waals surface area contributed by atoms with E-state index in [1.54, 1.807) is 0 Å². The summed E-state index contributed by atoms with van der Waals surface area (Å²) in [6.07, 6.45) is 3.92. The molecule has 1 saturated carbocycles. The second-order valence-electron chi connectivity index (χ2n) is 4.05. The number of carbonyl (C=O) groups excluding carboxylic acids is 1. The Labute approximate surface area is 89.4 Å². The Morgan fingerprint density at radius 1 is 1.60 bits per heavy atom. The first-order valence-corrected chi connectivity index (χ1v) is 5.20. The van der Waals surface area contributed by atoms with Crippen molar-refractivity contribution in [1.82, 2.24) is 5.32 Å². The normalized spacial score (nSPS) is 19.0. The summed E-state index contributed by atoms with van der Waals surface area (Å²) in [5, 5.41) is 11.4. The third-order valence-corrected chi connectivity index (χ3v) is 2.76. The van der Waals surface area contributed by atoms with Gasteiger partial charge in [0.1, 0.15) is 6.04 Å². The number of amides is 1. The Hall–Kier alpha value is -1.32. The van der Waals surface area contributed by atoms with Crippen molar-refractivity contribution in [3.63, 3.8) is 0 Å². The van der Waals surface area contributed by atoms with Gasteiger partial charge in [-0.15, -0.1) is 6.58 Å². The van der Waals surface area contributed by atoms with Crippen LogP contribution in [0, 0.1) is 11.8 Å². The monoisotopic (exact) mass is 211 g/mol. The molecule has 2 atom stereocenters. The molecule has 1 fully saturated rings. The quantitative estimate of drug-likeness (QED) is 0.648. The zero-order chi connectivity index (χ0) is 11.4. The van der Waals surface area contributed by atoms with Gasteiger partial charge in [0, 0.05) is 5.92 Å². The molecule has 1 aliphatic rings. The number of carbonyl (C=O) groups is 2. The smallest absolute Gasteiger partial charge is 0.326 e. The van der Waals surface area contributed by atoms with Crippen LogP contribution >= 0.6 is 0 Å². The fraction of sp³-hybridized carbons (Fsp3) is 0.636. The van der Waals surface area contributed by atoms with Gasteiger partial charge in [0.2, 0.25) is 5.91 Å². The number of carboxylic acids is 1. The summed E-state index contributed by atoms with van der Waals surface area (Å²) in [5.74, 6) is -0.794. The molecule has 0 aromatic carbocycles. The molecular formula is C11H17NO3. The first kappa shape index (κ1) is 11.8. The van der Waals surface area contributed by atoms with E-state index in [2.05, 4.69) is 11.9 Å². The molecule has 1 amide bonds. The molecule has 4 nitrogen and oxygen atoms in total. The Bertz CT molecular complexity index is 271. The first-order valence-electron chi connectivity index (χ1n) is 5.20. The molecule has 1 rings (SSSR count). The Balaban J connectivity index is 2.45. The minimum atomic E-state index is -1.01. The lowest BCUT2D eigenvalue weighted by molar-refractivity contribution is -0.142. The molecule has 1 aliphatic carbocycles. The van der Waals surface area contributed by atoms with Crippen molar-refractivity contribution in [3.05, 3.63) is 12.7 Å². The molecule has 0 spiro atoms. The van der Waals surface area contributed by atoms with E-state index >= 15 is 0 Å². The van der Waals surface area contributed by atoms with Gasteiger partial charge in [-0.25, -0.2) is 4.79 Å². The summed E-state index contributed by atoms with van der Waals surface area (Å²) in [7, 11) is 0. The molecule has 0 heterocycles. The van der Waals surface area contributed by atoms with E-state index in [1.165, 1.54) is 6.08 Å². The zero-order valence-electron chi connectivity index (χ0n) is 8.90. The predicted octanol–water partition coefficient (Wildman–Crippen LogP) is 1.18. The highest BCUT2D eigenvalue weighted by atomic mass is 16.4. The van der Waals surface area contributed by atoms with Crippen molar-refractivity contribution in [1.29, 1.82) is 0 Å². The van der Waals surface area contributed by atoms with E-state index < -0.39 is 12.0 Å². The van der Waals surface area contributed by atoms with Gasteiger partial charge in [0.25, 0.3) is 0 Å². The van der Waals surface area contributed by atoms with E-state index in [0.717, 1.165) is 12.8 Å². The summed E-state index contributed by atoms with van der Waals surface area (Å²) in [5.41, 5.74) is 0. The van der Waals surface area contributed by atoms with Crippen LogP contribution in [0.1, 0.15) is 26.2 Å². The molecule has 2 unspecified atom stereocenters. The summed E-state index contributed by atoms with van der Waals surface area (Å²) in [6, 6.07) is -0.837. The molecule has 0 aromatic rings. The molecule has 15 heavy (non-hydrogen) atoms. The number of rotatable bonds is 6. The van der Waals surface area contributed by atoms with Gasteiger partial charge in [0.05, 0.1) is 0 Å². The molecule has 0 aliphatic heterocycles. The molecule has 0 saturated heterocycles. The molecular weight excluding hydrogens is 194 g/mol. The molecule has 4 heteroatoms. The minimum Gasteiger partial charge on any atom is -0.480 e. The standard InChI is InChI=1S/C11H17NO3/c1-3-4-9(11(14)15)12-10(13)7(2)8-5-6-8/h3,7-9H,1,4-6H2,2H3,(H,12,13)(H,14,15). The Kier molecular flexibility index (Phi) is 3.88. The molecule has 0 radical (unpaired) electrons. The fourth-order valence-electron chi connectivity index (χ4n) is 1.50. The topological polar surface area (TPSA) is 66.4 Å². The second kappa shape index (κ2) is 4.96. The van der Waals surface area contributed by atoms with E-state index in [4.69, 9.17) is 5.11 Å². The largest absolute Gasteiger partial charge is 0.480 e. The third kappa shape index (κ3) is 3.38. The average Bonchev–Trinajstić information content (AvgIpc) is 2.98. The van der Waals surface area contributed by atoms with Crippen LogP contribution in [0.4, 0.5) is 0 Å². The zero-order valence-corrected chi connectivity index (χ0v) is 8.90. The number of nitrogens with one attached hydrogen (secondary N) is 1. The van der Waals surface area contributed by atoms with E-state index in [1.807, 2.05) is 6.92 Å². The van der Waals surface area contributed by atoms with Crippen LogP contribution in [-0.4, -0.2) is 23.0 Å². The molecule has 84 valence electrons. The average molecular weight is 211 g/mol. The van der Waals surface area contributed by atoms with Crippen molar-refractivity contribution in [2.24, 2.45) is 11.8 Å². The Morgan fingerprint density at radius 3 is 2.60 bits per heavy atom. The predicted molar refractivity (Wildman–Crippen MR) is 56.3 cm³/mol. The van der Waals surface area contributed by atoms with Crippen LogP contribution in [0.25, 0.3) is 0 Å². The first-order chi connectivity index (χ1) is 7.06. The van der Waals surface area contributed by atoms with Crippen LogP contribution in [0.5, 0.6) is 0 Å². The van der Waals surface area contributed by atoms with Gasteiger partial charge >= 0.3 is 5.97 Å². The SMILES string of the molecule is C=CCC(NC(=O)C(C)C1CC1)C(=O)O. The van der Waals surface area contributed by atoms with E-state index in [-0.39, 0.29) is 18.2 Å². The highest BCUT2D eigenvalue weighted by molar-refractivity contribution is 5.85. The summed E-state index contributed by atoms with van der Waals surface area (Å²) < 4.78 is 0. The summed E-state index contributed by atoms with van der Waals surface area (Å²) in [6.45, 7) is 5.31. The third-order valence-electron chi connectivity index (χ3n) is 2.76. The van der Waals surface area contributed by atoms with Crippen molar-refractivity contribution in [3.8, 4) is 0 Å². The second-order valence-corrected chi connectivity index (χ2v) is 4.05. The minimum absolute atomic E-state index is 0.0725.